The van der Waals surface area contributed by atoms with Crippen LogP contribution in [0.5, 0.6) is 0 Å². The van der Waals surface area contributed by atoms with Crippen LogP contribution < -0.4 is 10.6 Å². The first-order chi connectivity index (χ1) is 7.79. The fourth-order valence-electron chi connectivity index (χ4n) is 1.28. The minimum Gasteiger partial charge on any atom is -0.350 e. The average molecular weight is 239 g/mol. The van der Waals surface area contributed by atoms with E-state index in [0.29, 0.717) is 6.54 Å². The topological polar surface area (TPSA) is 71.8 Å². The number of aryl methyl sites for hydroxylation is 1. The highest BCUT2D eigenvalue weighted by Crippen LogP contribution is 2.00. The summed E-state index contributed by atoms with van der Waals surface area (Å²) < 4.78 is 1.82. The summed E-state index contributed by atoms with van der Waals surface area (Å²) >= 11 is 0. The van der Waals surface area contributed by atoms with Gasteiger partial charge in [0.25, 0.3) is 0 Å². The molecule has 1 aromatic heterocycles. The maximum atomic E-state index is 11.8. The summed E-state index contributed by atoms with van der Waals surface area (Å²) in [5, 5.41) is 13.7. The molecule has 1 amide bonds. The smallest absolute Gasteiger partial charge is 0.237 e. The van der Waals surface area contributed by atoms with Crippen molar-refractivity contribution in [2.24, 2.45) is 7.05 Å². The molecule has 1 rings (SSSR count). The number of hydrogen-bond donors (Lipinski definition) is 2. The lowest BCUT2D eigenvalue weighted by molar-refractivity contribution is -0.124. The molecule has 1 unspecified atom stereocenters. The van der Waals surface area contributed by atoms with Gasteiger partial charge in [-0.2, -0.15) is 0 Å². The van der Waals surface area contributed by atoms with E-state index in [1.807, 2.05) is 39.3 Å². The van der Waals surface area contributed by atoms with E-state index in [1.54, 1.807) is 6.33 Å². The highest BCUT2D eigenvalue weighted by atomic mass is 16.2. The second kappa shape index (κ2) is 5.27. The Bertz CT molecular complexity index is 379. The van der Waals surface area contributed by atoms with Gasteiger partial charge in [0.15, 0.2) is 0 Å². The second-order valence-electron chi connectivity index (χ2n) is 5.20. The minimum absolute atomic E-state index is 0.0142. The molecule has 0 saturated carbocycles. The maximum Gasteiger partial charge on any atom is 0.237 e. The molecule has 0 aliphatic heterocycles. The van der Waals surface area contributed by atoms with Crippen molar-refractivity contribution in [3.8, 4) is 0 Å². The van der Waals surface area contributed by atoms with Crippen LogP contribution in [0.25, 0.3) is 0 Å². The number of rotatable bonds is 4. The Hall–Kier alpha value is -1.43. The zero-order chi connectivity index (χ0) is 13.1. The first-order valence-corrected chi connectivity index (χ1v) is 5.68. The Kier molecular flexibility index (Phi) is 4.22. The lowest BCUT2D eigenvalue weighted by atomic mass is 10.1. The van der Waals surface area contributed by atoms with Gasteiger partial charge in [0.2, 0.25) is 5.91 Å². The lowest BCUT2D eigenvalue weighted by Crippen LogP contribution is -2.49. The van der Waals surface area contributed by atoms with Crippen LogP contribution in [0.15, 0.2) is 6.33 Å². The fraction of sp³-hybridized carbons (Fsp3) is 0.727. The Morgan fingerprint density at radius 2 is 2.18 bits per heavy atom. The third-order valence-corrected chi connectivity index (χ3v) is 2.26. The van der Waals surface area contributed by atoms with Gasteiger partial charge < -0.3 is 9.88 Å². The van der Waals surface area contributed by atoms with Gasteiger partial charge in [-0.25, -0.2) is 0 Å². The van der Waals surface area contributed by atoms with Gasteiger partial charge in [-0.05, 0) is 27.7 Å². The number of carbonyl (C=O) groups excluding carboxylic acids is 1. The summed E-state index contributed by atoms with van der Waals surface area (Å²) in [4.78, 5) is 11.8. The van der Waals surface area contributed by atoms with Gasteiger partial charge in [-0.15, -0.1) is 10.2 Å². The van der Waals surface area contributed by atoms with Crippen LogP contribution in [-0.4, -0.2) is 32.3 Å². The van der Waals surface area contributed by atoms with Crippen LogP contribution in [0.4, 0.5) is 0 Å². The Morgan fingerprint density at radius 1 is 1.53 bits per heavy atom. The van der Waals surface area contributed by atoms with Gasteiger partial charge in [0.05, 0.1) is 12.6 Å². The largest absolute Gasteiger partial charge is 0.350 e. The first-order valence-electron chi connectivity index (χ1n) is 5.68. The summed E-state index contributed by atoms with van der Waals surface area (Å²) in [5.74, 6) is 0.792. The van der Waals surface area contributed by atoms with Gasteiger partial charge in [-0.3, -0.25) is 10.1 Å². The van der Waals surface area contributed by atoms with E-state index in [4.69, 9.17) is 0 Å². The summed E-state index contributed by atoms with van der Waals surface area (Å²) in [6, 6.07) is -0.258. The van der Waals surface area contributed by atoms with E-state index in [9.17, 15) is 4.79 Å². The highest BCUT2D eigenvalue weighted by Gasteiger charge is 2.19. The molecule has 0 fully saturated rings. The van der Waals surface area contributed by atoms with Gasteiger partial charge >= 0.3 is 0 Å². The van der Waals surface area contributed by atoms with Crippen LogP contribution in [0, 0.1) is 0 Å². The molecule has 0 aromatic carbocycles. The molecule has 0 spiro atoms. The standard InChI is InChI=1S/C11H21N5O/c1-8(10(17)14-11(2,3)4)12-6-9-15-13-7-16(9)5/h7-8,12H,6H2,1-5H3,(H,14,17). The van der Waals surface area contributed by atoms with Gasteiger partial charge in [0, 0.05) is 12.6 Å². The third kappa shape index (κ3) is 4.52. The van der Waals surface area contributed by atoms with Crippen LogP contribution in [0.3, 0.4) is 0 Å². The van der Waals surface area contributed by atoms with E-state index in [2.05, 4.69) is 20.8 Å². The van der Waals surface area contributed by atoms with E-state index in [0.717, 1.165) is 5.82 Å². The molecule has 96 valence electrons. The molecule has 6 nitrogen and oxygen atoms in total. The molecular weight excluding hydrogens is 218 g/mol. The Balaban J connectivity index is 2.42. The van der Waals surface area contributed by atoms with Crippen molar-refractivity contribution in [1.82, 2.24) is 25.4 Å². The zero-order valence-electron chi connectivity index (χ0n) is 11.1. The number of nitrogens with zero attached hydrogens (tertiary/aromatic N) is 3. The van der Waals surface area contributed by atoms with Crippen molar-refractivity contribution in [3.05, 3.63) is 12.2 Å². The summed E-state index contributed by atoms with van der Waals surface area (Å²) in [5.41, 5.74) is -0.211. The molecule has 6 heteroatoms. The Morgan fingerprint density at radius 3 is 2.65 bits per heavy atom. The van der Waals surface area contributed by atoms with Crippen molar-refractivity contribution < 1.29 is 4.79 Å². The van der Waals surface area contributed by atoms with Crippen molar-refractivity contribution >= 4 is 5.91 Å². The van der Waals surface area contributed by atoms with Crippen LogP contribution in [-0.2, 0) is 18.4 Å². The van der Waals surface area contributed by atoms with Crippen molar-refractivity contribution in [2.75, 3.05) is 0 Å². The normalized spacial score (nSPS) is 13.5. The molecule has 0 bridgehead atoms. The molecule has 0 aliphatic rings. The predicted octanol–water partition coefficient (Wildman–Crippen LogP) is 0.208. The summed E-state index contributed by atoms with van der Waals surface area (Å²) in [7, 11) is 1.87. The molecule has 0 saturated heterocycles. The molecule has 1 atom stereocenters. The average Bonchev–Trinajstić information content (AvgIpc) is 2.57. The highest BCUT2D eigenvalue weighted by molar-refractivity contribution is 5.81. The van der Waals surface area contributed by atoms with Crippen LogP contribution in [0.2, 0.25) is 0 Å². The lowest BCUT2D eigenvalue weighted by Gasteiger charge is -2.23. The predicted molar refractivity (Wildman–Crippen MR) is 65.2 cm³/mol. The quantitative estimate of drug-likeness (QED) is 0.788. The SMILES string of the molecule is CC(NCc1nncn1C)C(=O)NC(C)(C)C. The third-order valence-electron chi connectivity index (χ3n) is 2.26. The monoisotopic (exact) mass is 239 g/mol. The summed E-state index contributed by atoms with van der Waals surface area (Å²) in [6.07, 6.45) is 1.64. The van der Waals surface area contributed by atoms with E-state index in [-0.39, 0.29) is 17.5 Å². The minimum atomic E-state index is -0.258. The van der Waals surface area contributed by atoms with E-state index in [1.165, 1.54) is 0 Å². The zero-order valence-corrected chi connectivity index (χ0v) is 11.1. The summed E-state index contributed by atoms with van der Waals surface area (Å²) in [6.45, 7) is 8.23. The van der Waals surface area contributed by atoms with Crippen molar-refractivity contribution in [2.45, 2.75) is 45.8 Å². The molecule has 17 heavy (non-hydrogen) atoms. The number of hydrogen-bond acceptors (Lipinski definition) is 4. The van der Waals surface area contributed by atoms with E-state index >= 15 is 0 Å². The second-order valence-corrected chi connectivity index (χ2v) is 5.20. The van der Waals surface area contributed by atoms with Crippen molar-refractivity contribution in [1.29, 1.82) is 0 Å². The van der Waals surface area contributed by atoms with Crippen LogP contribution in [0.1, 0.15) is 33.5 Å². The number of nitrogens with one attached hydrogen (secondary N) is 2. The maximum absolute atomic E-state index is 11.8. The number of amides is 1. The first kappa shape index (κ1) is 13.6. The molecule has 2 N–H and O–H groups in total. The fourth-order valence-corrected chi connectivity index (χ4v) is 1.28. The molecule has 0 radical (unpaired) electrons. The number of carbonyl (C=O) groups is 1. The molecular formula is C11H21N5O. The van der Waals surface area contributed by atoms with Gasteiger partial charge in [0.1, 0.15) is 12.2 Å². The Labute approximate surface area is 102 Å². The molecule has 1 aromatic rings. The molecule has 0 aliphatic carbocycles. The van der Waals surface area contributed by atoms with Gasteiger partial charge in [-0.1, -0.05) is 0 Å². The van der Waals surface area contributed by atoms with E-state index < -0.39 is 0 Å². The molecule has 1 heterocycles. The van der Waals surface area contributed by atoms with Crippen molar-refractivity contribution in [3.63, 3.8) is 0 Å². The number of aromatic nitrogens is 3. The van der Waals surface area contributed by atoms with Crippen LogP contribution >= 0.6 is 0 Å².